The molecule has 1 aromatic carbocycles. The number of guanidine groups is 1. The Labute approximate surface area is 183 Å². The summed E-state index contributed by atoms with van der Waals surface area (Å²) >= 11 is 0. The Morgan fingerprint density at radius 1 is 1.26 bits per heavy atom. The summed E-state index contributed by atoms with van der Waals surface area (Å²) in [6, 6.07) is 8.09. The number of halogens is 1. The van der Waals surface area contributed by atoms with Crippen LogP contribution < -0.4 is 15.4 Å². The van der Waals surface area contributed by atoms with Crippen LogP contribution in [0.4, 0.5) is 0 Å². The van der Waals surface area contributed by atoms with Crippen molar-refractivity contribution >= 4 is 40.7 Å². The van der Waals surface area contributed by atoms with Crippen LogP contribution in [0, 0.1) is 5.92 Å². The summed E-state index contributed by atoms with van der Waals surface area (Å²) in [5.74, 6) is 3.01. The molecule has 1 aliphatic carbocycles. The van der Waals surface area contributed by atoms with Gasteiger partial charge < -0.3 is 15.4 Å². The Bertz CT molecular complexity index is 628. The molecule has 0 aromatic heterocycles. The highest BCUT2D eigenvalue weighted by Crippen LogP contribution is 2.30. The molecule has 1 aliphatic rings. The standard InChI is InChI=1S/C20H33N3O2S.HI/c1-5-21-19(22-12-13-26(24)20(2,3)4)23-14-17-8-6-7-9-18(17)25-15-16-10-11-16;/h6-9,16H,5,10-15H2,1-4H3,(H2,21,22,23);1H. The Morgan fingerprint density at radius 2 is 1.96 bits per heavy atom. The van der Waals surface area contributed by atoms with Gasteiger partial charge in [-0.1, -0.05) is 18.2 Å². The van der Waals surface area contributed by atoms with Gasteiger partial charge in [-0.2, -0.15) is 0 Å². The van der Waals surface area contributed by atoms with Crippen LogP contribution in [-0.4, -0.2) is 40.4 Å². The third-order valence-corrected chi connectivity index (χ3v) is 6.10. The van der Waals surface area contributed by atoms with Gasteiger partial charge in [-0.05, 0) is 52.5 Å². The van der Waals surface area contributed by atoms with E-state index in [1.807, 2.05) is 45.9 Å². The molecule has 0 aliphatic heterocycles. The van der Waals surface area contributed by atoms with Crippen LogP contribution in [0.5, 0.6) is 5.75 Å². The zero-order valence-corrected chi connectivity index (χ0v) is 20.1. The average molecular weight is 507 g/mol. The van der Waals surface area contributed by atoms with Crippen LogP contribution in [0.3, 0.4) is 0 Å². The quantitative estimate of drug-likeness (QED) is 0.304. The monoisotopic (exact) mass is 507 g/mol. The largest absolute Gasteiger partial charge is 0.493 e. The van der Waals surface area contributed by atoms with E-state index in [0.717, 1.165) is 36.3 Å². The van der Waals surface area contributed by atoms with E-state index < -0.39 is 10.8 Å². The second-order valence-electron chi connectivity index (χ2n) is 7.65. The van der Waals surface area contributed by atoms with Crippen LogP contribution >= 0.6 is 24.0 Å². The van der Waals surface area contributed by atoms with Crippen LogP contribution in [0.1, 0.15) is 46.1 Å². The van der Waals surface area contributed by atoms with Crippen LogP contribution in [-0.2, 0) is 17.3 Å². The van der Waals surface area contributed by atoms with Crippen molar-refractivity contribution in [1.29, 1.82) is 0 Å². The van der Waals surface area contributed by atoms with Gasteiger partial charge in [0.05, 0.1) is 13.2 Å². The van der Waals surface area contributed by atoms with E-state index in [1.54, 1.807) is 0 Å². The molecule has 0 spiro atoms. The minimum absolute atomic E-state index is 0. The van der Waals surface area contributed by atoms with E-state index >= 15 is 0 Å². The molecule has 7 heteroatoms. The molecule has 0 bridgehead atoms. The SMILES string of the molecule is CCNC(=NCc1ccccc1OCC1CC1)NCCS(=O)C(C)(C)C.I. The summed E-state index contributed by atoms with van der Waals surface area (Å²) in [7, 11) is -0.868. The highest BCUT2D eigenvalue weighted by molar-refractivity contribution is 14.0. The fraction of sp³-hybridized carbons (Fsp3) is 0.650. The minimum atomic E-state index is -0.868. The van der Waals surface area contributed by atoms with Crippen molar-refractivity contribution in [3.63, 3.8) is 0 Å². The van der Waals surface area contributed by atoms with E-state index in [-0.39, 0.29) is 28.7 Å². The second kappa shape index (κ2) is 11.9. The van der Waals surface area contributed by atoms with Crippen molar-refractivity contribution < 1.29 is 8.95 Å². The lowest BCUT2D eigenvalue weighted by Gasteiger charge is -2.18. The molecular weight excluding hydrogens is 473 g/mol. The first-order valence-electron chi connectivity index (χ1n) is 9.51. The van der Waals surface area contributed by atoms with Crippen molar-refractivity contribution in [1.82, 2.24) is 10.6 Å². The first-order valence-corrected chi connectivity index (χ1v) is 10.8. The number of aliphatic imine (C=N–C) groups is 1. The minimum Gasteiger partial charge on any atom is -0.493 e. The van der Waals surface area contributed by atoms with Crippen molar-refractivity contribution in [2.45, 2.75) is 51.8 Å². The predicted octanol–water partition coefficient (Wildman–Crippen LogP) is 3.70. The molecule has 27 heavy (non-hydrogen) atoms. The maximum atomic E-state index is 12.2. The maximum absolute atomic E-state index is 12.2. The molecule has 1 unspecified atom stereocenters. The molecule has 1 aromatic rings. The van der Waals surface area contributed by atoms with Gasteiger partial charge in [-0.15, -0.1) is 24.0 Å². The summed E-state index contributed by atoms with van der Waals surface area (Å²) in [5, 5.41) is 6.52. The van der Waals surface area contributed by atoms with Gasteiger partial charge in [0.2, 0.25) is 0 Å². The molecule has 1 saturated carbocycles. The normalized spacial score (nSPS) is 15.6. The van der Waals surface area contributed by atoms with E-state index in [0.29, 0.717) is 18.8 Å². The van der Waals surface area contributed by atoms with Gasteiger partial charge in [0, 0.05) is 40.0 Å². The number of nitrogens with one attached hydrogen (secondary N) is 2. The fourth-order valence-electron chi connectivity index (χ4n) is 2.34. The molecule has 0 saturated heterocycles. The van der Waals surface area contributed by atoms with Gasteiger partial charge in [0.15, 0.2) is 5.96 Å². The zero-order valence-electron chi connectivity index (χ0n) is 16.9. The summed E-state index contributed by atoms with van der Waals surface area (Å²) in [6.45, 7) is 10.8. The lowest BCUT2D eigenvalue weighted by molar-refractivity contribution is 0.297. The average Bonchev–Trinajstić information content (AvgIpc) is 3.42. The van der Waals surface area contributed by atoms with Gasteiger partial charge in [-0.25, -0.2) is 4.99 Å². The van der Waals surface area contributed by atoms with E-state index in [4.69, 9.17) is 4.74 Å². The molecule has 0 amide bonds. The topological polar surface area (TPSA) is 62.7 Å². The third kappa shape index (κ3) is 9.27. The van der Waals surface area contributed by atoms with Gasteiger partial charge in [0.1, 0.15) is 5.75 Å². The molecule has 2 rings (SSSR count). The smallest absolute Gasteiger partial charge is 0.191 e. The Kier molecular flexibility index (Phi) is 10.7. The second-order valence-corrected chi connectivity index (χ2v) is 9.97. The third-order valence-electron chi connectivity index (χ3n) is 4.16. The van der Waals surface area contributed by atoms with E-state index in [9.17, 15) is 4.21 Å². The zero-order chi connectivity index (χ0) is 19.0. The molecular formula is C20H34IN3O2S. The van der Waals surface area contributed by atoms with E-state index in [2.05, 4.69) is 21.7 Å². The summed E-state index contributed by atoms with van der Waals surface area (Å²) < 4.78 is 17.9. The van der Waals surface area contributed by atoms with Gasteiger partial charge in [-0.3, -0.25) is 4.21 Å². The lowest BCUT2D eigenvalue weighted by atomic mass is 10.2. The number of hydrogen-bond acceptors (Lipinski definition) is 3. The van der Waals surface area contributed by atoms with E-state index in [1.165, 1.54) is 12.8 Å². The molecule has 1 fully saturated rings. The molecule has 0 radical (unpaired) electrons. The first kappa shape index (κ1) is 24.2. The lowest BCUT2D eigenvalue weighted by Crippen LogP contribution is -2.40. The number of hydrogen-bond donors (Lipinski definition) is 2. The Morgan fingerprint density at radius 3 is 2.59 bits per heavy atom. The predicted molar refractivity (Wildman–Crippen MR) is 126 cm³/mol. The number of ether oxygens (including phenoxy) is 1. The van der Waals surface area contributed by atoms with Crippen LogP contribution in [0.25, 0.3) is 0 Å². The van der Waals surface area contributed by atoms with Crippen LogP contribution in [0.2, 0.25) is 0 Å². The fourth-order valence-corrected chi connectivity index (χ4v) is 3.24. The van der Waals surface area contributed by atoms with Crippen molar-refractivity contribution in [2.75, 3.05) is 25.4 Å². The number of para-hydroxylation sites is 1. The number of nitrogens with zero attached hydrogens (tertiary/aromatic N) is 1. The Hall–Kier alpha value is -0.830. The van der Waals surface area contributed by atoms with Crippen molar-refractivity contribution in [3.05, 3.63) is 29.8 Å². The maximum Gasteiger partial charge on any atom is 0.191 e. The van der Waals surface area contributed by atoms with Gasteiger partial charge in [0.25, 0.3) is 0 Å². The molecule has 5 nitrogen and oxygen atoms in total. The summed E-state index contributed by atoms with van der Waals surface area (Å²) in [5.41, 5.74) is 1.09. The molecule has 0 heterocycles. The number of rotatable bonds is 9. The molecule has 1 atom stereocenters. The first-order chi connectivity index (χ1) is 12.4. The summed E-state index contributed by atoms with van der Waals surface area (Å²) in [4.78, 5) is 4.66. The van der Waals surface area contributed by atoms with Gasteiger partial charge >= 0.3 is 0 Å². The van der Waals surface area contributed by atoms with Crippen molar-refractivity contribution in [2.24, 2.45) is 10.9 Å². The Balaban J connectivity index is 0.00000364. The molecule has 2 N–H and O–H groups in total. The highest BCUT2D eigenvalue weighted by atomic mass is 127. The summed E-state index contributed by atoms with van der Waals surface area (Å²) in [6.07, 6.45) is 2.56. The highest BCUT2D eigenvalue weighted by Gasteiger charge is 2.22. The molecule has 154 valence electrons. The van der Waals surface area contributed by atoms with Crippen LogP contribution in [0.15, 0.2) is 29.3 Å². The number of benzene rings is 1. The van der Waals surface area contributed by atoms with Crippen molar-refractivity contribution in [3.8, 4) is 5.75 Å².